The van der Waals surface area contributed by atoms with Crippen LogP contribution < -0.4 is 0 Å². The normalized spacial score (nSPS) is 26.3. The van der Waals surface area contributed by atoms with Crippen LogP contribution in [0.25, 0.3) is 0 Å². The van der Waals surface area contributed by atoms with Crippen LogP contribution in [0.1, 0.15) is 16.0 Å². The molecule has 0 nitrogen and oxygen atoms in total. The van der Waals surface area contributed by atoms with Gasteiger partial charge in [-0.25, -0.2) is 0 Å². The number of rotatable bonds is 0. The van der Waals surface area contributed by atoms with Crippen LogP contribution in [0, 0.1) is 5.92 Å². The summed E-state index contributed by atoms with van der Waals surface area (Å²) in [7, 11) is 0. The van der Waals surface area contributed by atoms with Crippen molar-refractivity contribution in [3.63, 3.8) is 0 Å². The summed E-state index contributed by atoms with van der Waals surface area (Å²) in [5, 5.41) is 0. The Labute approximate surface area is 107 Å². The van der Waals surface area contributed by atoms with Crippen molar-refractivity contribution in [3.05, 3.63) is 35.4 Å². The van der Waals surface area contributed by atoms with E-state index < -0.39 is 3.79 Å². The summed E-state index contributed by atoms with van der Waals surface area (Å²) < 4.78 is -1.20. The highest BCUT2D eigenvalue weighted by atomic mass is 79.9. The Bertz CT molecular complexity index is 345. The molecular weight excluding hydrogens is 306 g/mol. The fourth-order valence-electron chi connectivity index (χ4n) is 1.83. The number of halogens is 4. The van der Waals surface area contributed by atoms with Crippen molar-refractivity contribution in [1.82, 2.24) is 0 Å². The summed E-state index contributed by atoms with van der Waals surface area (Å²) >= 11 is 21.4. The van der Waals surface area contributed by atoms with Crippen LogP contribution in [0.5, 0.6) is 0 Å². The van der Waals surface area contributed by atoms with Gasteiger partial charge in [0.15, 0.2) is 3.79 Å². The molecule has 0 amide bonds. The van der Waals surface area contributed by atoms with Crippen LogP contribution in [0.4, 0.5) is 0 Å². The first-order valence-electron chi connectivity index (χ1n) is 4.29. The molecule has 0 heterocycles. The summed E-state index contributed by atoms with van der Waals surface area (Å²) in [6.07, 6.45) is 0.822. The lowest BCUT2D eigenvalue weighted by Crippen LogP contribution is -2.20. The first kappa shape index (κ1) is 11.1. The van der Waals surface area contributed by atoms with E-state index in [1.807, 2.05) is 12.1 Å². The molecule has 1 aliphatic rings. The van der Waals surface area contributed by atoms with Gasteiger partial charge in [-0.1, -0.05) is 75.0 Å². The minimum absolute atomic E-state index is 0.0184. The SMILES string of the molecule is ClC(Cl)(Cl)[C@@H]1Cc2ccccc2[C@H]1Br. The fraction of sp³-hybridized carbons (Fsp3) is 0.400. The van der Waals surface area contributed by atoms with E-state index >= 15 is 0 Å². The van der Waals surface area contributed by atoms with Gasteiger partial charge in [0, 0.05) is 10.7 Å². The van der Waals surface area contributed by atoms with Crippen LogP contribution >= 0.6 is 50.7 Å². The lowest BCUT2D eigenvalue weighted by Gasteiger charge is -2.22. The average Bonchev–Trinajstić information content (AvgIpc) is 2.44. The fourth-order valence-corrected chi connectivity index (χ4v) is 3.92. The molecule has 2 rings (SSSR count). The zero-order chi connectivity index (χ0) is 10.3. The third-order valence-corrected chi connectivity index (χ3v) is 4.54. The largest absolute Gasteiger partial charge is 0.195 e. The Kier molecular flexibility index (Phi) is 3.05. The second kappa shape index (κ2) is 3.86. The highest BCUT2D eigenvalue weighted by Gasteiger charge is 2.42. The minimum Gasteiger partial charge on any atom is -0.0834 e. The van der Waals surface area contributed by atoms with Gasteiger partial charge in [0.1, 0.15) is 0 Å². The number of hydrogen-bond acceptors (Lipinski definition) is 0. The predicted octanol–water partition coefficient (Wildman–Crippen LogP) is 4.67. The van der Waals surface area contributed by atoms with Gasteiger partial charge < -0.3 is 0 Å². The van der Waals surface area contributed by atoms with Crippen LogP contribution in [-0.4, -0.2) is 3.79 Å². The minimum atomic E-state index is -1.20. The maximum Gasteiger partial charge on any atom is 0.195 e. The number of hydrogen-bond donors (Lipinski definition) is 0. The molecule has 76 valence electrons. The third-order valence-electron chi connectivity index (χ3n) is 2.57. The molecule has 1 aliphatic carbocycles. The van der Waals surface area contributed by atoms with Crippen LogP contribution in [-0.2, 0) is 6.42 Å². The van der Waals surface area contributed by atoms with Crippen LogP contribution in [0.2, 0.25) is 0 Å². The number of benzene rings is 1. The second-order valence-electron chi connectivity index (χ2n) is 3.45. The summed E-state index contributed by atoms with van der Waals surface area (Å²) in [5.41, 5.74) is 2.51. The summed E-state index contributed by atoms with van der Waals surface area (Å²) in [6.45, 7) is 0. The van der Waals surface area contributed by atoms with Crippen molar-refractivity contribution in [2.75, 3.05) is 0 Å². The maximum absolute atomic E-state index is 5.93. The summed E-state index contributed by atoms with van der Waals surface area (Å²) in [5.74, 6) is 0.0184. The number of fused-ring (bicyclic) bond motifs is 1. The molecular formula is C10H8BrCl3. The Balaban J connectivity index is 2.35. The van der Waals surface area contributed by atoms with E-state index in [0.717, 1.165) is 6.42 Å². The molecule has 0 unspecified atom stereocenters. The topological polar surface area (TPSA) is 0 Å². The lowest BCUT2D eigenvalue weighted by molar-refractivity contribution is 0.571. The first-order chi connectivity index (χ1) is 6.50. The van der Waals surface area contributed by atoms with Gasteiger partial charge >= 0.3 is 0 Å². The van der Waals surface area contributed by atoms with E-state index in [2.05, 4.69) is 28.1 Å². The quantitative estimate of drug-likeness (QED) is 0.611. The molecule has 4 heteroatoms. The standard InChI is InChI=1S/C10H8BrCl3/c11-9-7-4-2-1-3-6(7)5-8(9)10(12,13)14/h1-4,8-9H,5H2/t8-,9-/m1/s1. The monoisotopic (exact) mass is 312 g/mol. The van der Waals surface area contributed by atoms with Gasteiger partial charge in [-0.05, 0) is 17.5 Å². The highest BCUT2D eigenvalue weighted by molar-refractivity contribution is 9.09. The van der Waals surface area contributed by atoms with Crippen LogP contribution in [0.3, 0.4) is 0 Å². The van der Waals surface area contributed by atoms with E-state index in [1.165, 1.54) is 11.1 Å². The summed E-state index contributed by atoms with van der Waals surface area (Å²) in [6, 6.07) is 8.18. The first-order valence-corrected chi connectivity index (χ1v) is 6.33. The van der Waals surface area contributed by atoms with Gasteiger partial charge in [0.25, 0.3) is 0 Å². The molecule has 0 aliphatic heterocycles. The zero-order valence-corrected chi connectivity index (χ0v) is 11.0. The maximum atomic E-state index is 5.93. The van der Waals surface area contributed by atoms with E-state index in [0.29, 0.717) is 0 Å². The van der Waals surface area contributed by atoms with E-state index in [4.69, 9.17) is 34.8 Å². The van der Waals surface area contributed by atoms with Gasteiger partial charge in [0.05, 0.1) is 0 Å². The van der Waals surface area contributed by atoms with E-state index in [9.17, 15) is 0 Å². The molecule has 0 saturated heterocycles. The average molecular weight is 314 g/mol. The van der Waals surface area contributed by atoms with Gasteiger partial charge in [-0.15, -0.1) is 0 Å². The van der Waals surface area contributed by atoms with E-state index in [1.54, 1.807) is 0 Å². The predicted molar refractivity (Wildman–Crippen MR) is 65.6 cm³/mol. The Morgan fingerprint density at radius 1 is 1.21 bits per heavy atom. The molecule has 14 heavy (non-hydrogen) atoms. The highest BCUT2D eigenvalue weighted by Crippen LogP contribution is 2.52. The van der Waals surface area contributed by atoms with Crippen molar-refractivity contribution < 1.29 is 0 Å². The van der Waals surface area contributed by atoms with Crippen LogP contribution in [0.15, 0.2) is 24.3 Å². The Hall–Kier alpha value is 0.570. The molecule has 1 aromatic carbocycles. The molecule has 0 radical (unpaired) electrons. The van der Waals surface area contributed by atoms with Crippen molar-refractivity contribution in [3.8, 4) is 0 Å². The molecule has 0 bridgehead atoms. The van der Waals surface area contributed by atoms with Gasteiger partial charge in [-0.2, -0.15) is 0 Å². The van der Waals surface area contributed by atoms with Crippen molar-refractivity contribution >= 4 is 50.7 Å². The molecule has 0 N–H and O–H groups in total. The van der Waals surface area contributed by atoms with Gasteiger partial charge in [0.2, 0.25) is 0 Å². The van der Waals surface area contributed by atoms with Crippen molar-refractivity contribution in [1.29, 1.82) is 0 Å². The molecule has 2 atom stereocenters. The molecule has 0 fully saturated rings. The molecule has 0 saturated carbocycles. The lowest BCUT2D eigenvalue weighted by atomic mass is 10.1. The van der Waals surface area contributed by atoms with Gasteiger partial charge in [-0.3, -0.25) is 0 Å². The van der Waals surface area contributed by atoms with E-state index in [-0.39, 0.29) is 10.7 Å². The molecule has 0 spiro atoms. The molecule has 0 aromatic heterocycles. The Morgan fingerprint density at radius 2 is 1.86 bits per heavy atom. The molecule has 1 aromatic rings. The Morgan fingerprint density at radius 3 is 2.43 bits per heavy atom. The zero-order valence-electron chi connectivity index (χ0n) is 7.18. The third kappa shape index (κ3) is 1.92. The number of alkyl halides is 4. The van der Waals surface area contributed by atoms with Crippen molar-refractivity contribution in [2.45, 2.75) is 15.0 Å². The second-order valence-corrected chi connectivity index (χ2v) is 6.81. The summed E-state index contributed by atoms with van der Waals surface area (Å²) in [4.78, 5) is 0.145. The smallest absolute Gasteiger partial charge is 0.0834 e. The van der Waals surface area contributed by atoms with Crippen molar-refractivity contribution in [2.24, 2.45) is 5.92 Å².